The van der Waals surface area contributed by atoms with Gasteiger partial charge in [0.25, 0.3) is 5.91 Å². The molecule has 1 aliphatic heterocycles. The van der Waals surface area contributed by atoms with E-state index in [2.05, 4.69) is 25.3 Å². The lowest BCUT2D eigenvalue weighted by Gasteiger charge is -2.33. The lowest BCUT2D eigenvalue weighted by Crippen LogP contribution is -2.36. The molecule has 0 bridgehead atoms. The van der Waals surface area contributed by atoms with Gasteiger partial charge in [-0.1, -0.05) is 11.6 Å². The Kier molecular flexibility index (Phi) is 7.12. The van der Waals surface area contributed by atoms with Crippen LogP contribution in [0.4, 0.5) is 11.5 Å². The number of aromatic nitrogens is 4. The molecule has 3 aromatic heterocycles. The molecule has 10 heteroatoms. The Labute approximate surface area is 203 Å². The number of rotatable bonds is 6. The van der Waals surface area contributed by atoms with Crippen molar-refractivity contribution in [2.24, 2.45) is 5.92 Å². The molecular weight excluding hydrogens is 456 g/mol. The smallest absolute Gasteiger partial charge is 0.302 e. The fraction of sp³-hybridized carbons (Fsp3) is 0.375. The second kappa shape index (κ2) is 10.2. The number of halogens is 1. The van der Waals surface area contributed by atoms with Crippen LogP contribution in [0.25, 0.3) is 5.82 Å². The topological polar surface area (TPSA) is 102 Å². The predicted molar refractivity (Wildman–Crippen MR) is 130 cm³/mol. The Morgan fingerprint density at radius 1 is 1.15 bits per heavy atom. The molecule has 0 radical (unpaired) electrons. The summed E-state index contributed by atoms with van der Waals surface area (Å²) in [7, 11) is 0. The Bertz CT molecular complexity index is 1190. The number of esters is 1. The third kappa shape index (κ3) is 5.36. The van der Waals surface area contributed by atoms with Crippen LogP contribution in [0.3, 0.4) is 0 Å². The summed E-state index contributed by atoms with van der Waals surface area (Å²) in [6.45, 7) is 7.41. The van der Waals surface area contributed by atoms with E-state index in [0.29, 0.717) is 40.3 Å². The molecule has 178 valence electrons. The van der Waals surface area contributed by atoms with Crippen LogP contribution in [0.2, 0.25) is 5.02 Å². The number of piperidine rings is 1. The summed E-state index contributed by atoms with van der Waals surface area (Å²) in [6.07, 6.45) is 6.62. The van der Waals surface area contributed by atoms with E-state index in [1.165, 1.54) is 19.3 Å². The lowest BCUT2D eigenvalue weighted by atomic mass is 9.97. The van der Waals surface area contributed by atoms with E-state index >= 15 is 0 Å². The average molecular weight is 483 g/mol. The molecule has 0 aromatic carbocycles. The summed E-state index contributed by atoms with van der Waals surface area (Å²) < 4.78 is 6.75. The highest BCUT2D eigenvalue weighted by Gasteiger charge is 2.23. The number of hydrogen-bond donors (Lipinski definition) is 1. The van der Waals surface area contributed by atoms with Gasteiger partial charge in [-0.15, -0.1) is 0 Å². The quantitative estimate of drug-likeness (QED) is 0.530. The van der Waals surface area contributed by atoms with Gasteiger partial charge in [0, 0.05) is 26.2 Å². The van der Waals surface area contributed by atoms with Crippen molar-refractivity contribution in [3.63, 3.8) is 0 Å². The van der Waals surface area contributed by atoms with Gasteiger partial charge in [-0.25, -0.2) is 14.6 Å². The molecule has 0 atom stereocenters. The number of ether oxygens (including phenoxy) is 1. The average Bonchev–Trinajstić information content (AvgIpc) is 3.20. The minimum Gasteiger partial charge on any atom is -0.466 e. The molecule has 0 saturated carbocycles. The molecular formula is C24H27ClN6O3. The van der Waals surface area contributed by atoms with Crippen molar-refractivity contribution in [3.8, 4) is 5.82 Å². The zero-order chi connectivity index (χ0) is 24.2. The first-order chi connectivity index (χ1) is 16.3. The zero-order valence-corrected chi connectivity index (χ0v) is 20.2. The molecule has 1 aliphatic rings. The number of nitrogens with zero attached hydrogens (tertiary/aromatic N) is 5. The molecule has 34 heavy (non-hydrogen) atoms. The Morgan fingerprint density at radius 2 is 1.91 bits per heavy atom. The molecule has 4 heterocycles. The maximum Gasteiger partial charge on any atom is 0.302 e. The summed E-state index contributed by atoms with van der Waals surface area (Å²) in [4.78, 5) is 35.0. The third-order valence-electron chi connectivity index (χ3n) is 5.93. The van der Waals surface area contributed by atoms with E-state index in [0.717, 1.165) is 37.3 Å². The number of pyridine rings is 2. The number of amides is 1. The SMILES string of the molecule is CC(=O)OCC1CCN(c2ncc(NC(=O)c3cnn(-c4ccc(Cl)cn4)c3C)cc2C)CC1. The largest absolute Gasteiger partial charge is 0.466 e. The van der Waals surface area contributed by atoms with Gasteiger partial charge in [0.2, 0.25) is 0 Å². The highest BCUT2D eigenvalue weighted by Crippen LogP contribution is 2.26. The van der Waals surface area contributed by atoms with E-state index in [4.69, 9.17) is 16.3 Å². The lowest BCUT2D eigenvalue weighted by molar-refractivity contribution is -0.142. The van der Waals surface area contributed by atoms with Gasteiger partial charge in [0.1, 0.15) is 5.82 Å². The molecule has 3 aromatic rings. The maximum atomic E-state index is 12.9. The summed E-state index contributed by atoms with van der Waals surface area (Å²) >= 11 is 5.91. The van der Waals surface area contributed by atoms with E-state index < -0.39 is 0 Å². The molecule has 9 nitrogen and oxygen atoms in total. The molecule has 0 spiro atoms. The third-order valence-corrected chi connectivity index (χ3v) is 6.15. The first-order valence-electron chi connectivity index (χ1n) is 11.1. The summed E-state index contributed by atoms with van der Waals surface area (Å²) in [5.41, 5.74) is 2.72. The number of hydrogen-bond acceptors (Lipinski definition) is 7. The van der Waals surface area contributed by atoms with Crippen LogP contribution in [0.5, 0.6) is 0 Å². The Hall–Kier alpha value is -3.46. The second-order valence-corrected chi connectivity index (χ2v) is 8.88. The first kappa shape index (κ1) is 23.7. The number of anilines is 2. The van der Waals surface area contributed by atoms with E-state index in [1.54, 1.807) is 23.0 Å². The van der Waals surface area contributed by atoms with Crippen molar-refractivity contribution in [2.45, 2.75) is 33.6 Å². The molecule has 4 rings (SSSR count). The summed E-state index contributed by atoms with van der Waals surface area (Å²) in [5.74, 6) is 1.37. The molecule has 1 saturated heterocycles. The van der Waals surface area contributed by atoms with Crippen molar-refractivity contribution in [1.82, 2.24) is 19.7 Å². The van der Waals surface area contributed by atoms with Crippen LogP contribution in [0.15, 0.2) is 36.8 Å². The Balaban J connectivity index is 1.40. The Morgan fingerprint density at radius 3 is 2.56 bits per heavy atom. The normalized spacial score (nSPS) is 14.2. The molecule has 1 fully saturated rings. The van der Waals surface area contributed by atoms with Crippen LogP contribution in [-0.4, -0.2) is 51.3 Å². The van der Waals surface area contributed by atoms with Gasteiger partial charge in [0.05, 0.1) is 41.0 Å². The van der Waals surface area contributed by atoms with Gasteiger partial charge >= 0.3 is 5.97 Å². The number of carbonyl (C=O) groups is 2. The monoisotopic (exact) mass is 482 g/mol. The highest BCUT2D eigenvalue weighted by molar-refractivity contribution is 6.30. The van der Waals surface area contributed by atoms with Crippen LogP contribution in [0, 0.1) is 19.8 Å². The van der Waals surface area contributed by atoms with Crippen molar-refractivity contribution in [2.75, 3.05) is 29.9 Å². The van der Waals surface area contributed by atoms with Crippen molar-refractivity contribution in [1.29, 1.82) is 0 Å². The fourth-order valence-electron chi connectivity index (χ4n) is 4.07. The fourth-order valence-corrected chi connectivity index (χ4v) is 4.18. The first-order valence-corrected chi connectivity index (χ1v) is 11.5. The van der Waals surface area contributed by atoms with Crippen LogP contribution in [-0.2, 0) is 9.53 Å². The molecule has 0 aliphatic carbocycles. The van der Waals surface area contributed by atoms with Crippen LogP contribution in [0.1, 0.15) is 41.4 Å². The molecule has 1 N–H and O–H groups in total. The zero-order valence-electron chi connectivity index (χ0n) is 19.4. The van der Waals surface area contributed by atoms with Crippen molar-refractivity contribution < 1.29 is 14.3 Å². The van der Waals surface area contributed by atoms with Gasteiger partial charge in [-0.2, -0.15) is 5.10 Å². The van der Waals surface area contributed by atoms with E-state index in [1.807, 2.05) is 19.9 Å². The number of aryl methyl sites for hydroxylation is 1. The summed E-state index contributed by atoms with van der Waals surface area (Å²) in [5, 5.41) is 7.75. The number of carbonyl (C=O) groups excluding carboxylic acids is 2. The molecule has 0 unspecified atom stereocenters. The van der Waals surface area contributed by atoms with Crippen molar-refractivity contribution in [3.05, 3.63) is 58.6 Å². The standard InChI is InChI=1S/C24H27ClN6O3/c1-15-10-20(12-27-23(15)30-8-6-18(7-9-30)14-34-17(3)32)29-24(33)21-13-28-31(16(21)2)22-5-4-19(25)11-26-22/h4-5,10-13,18H,6-9,14H2,1-3H3,(H,29,33). The summed E-state index contributed by atoms with van der Waals surface area (Å²) in [6, 6.07) is 5.39. The highest BCUT2D eigenvalue weighted by atomic mass is 35.5. The molecule has 1 amide bonds. The van der Waals surface area contributed by atoms with Gasteiger partial charge in [-0.3, -0.25) is 9.59 Å². The van der Waals surface area contributed by atoms with Gasteiger partial charge in [0.15, 0.2) is 5.82 Å². The second-order valence-electron chi connectivity index (χ2n) is 8.44. The minimum atomic E-state index is -0.266. The van der Waals surface area contributed by atoms with Crippen molar-refractivity contribution >= 4 is 35.0 Å². The minimum absolute atomic E-state index is 0.234. The predicted octanol–water partition coefficient (Wildman–Crippen LogP) is 3.96. The van der Waals surface area contributed by atoms with Crippen LogP contribution < -0.4 is 10.2 Å². The van der Waals surface area contributed by atoms with Crippen LogP contribution >= 0.6 is 11.6 Å². The maximum absolute atomic E-state index is 12.9. The van der Waals surface area contributed by atoms with Gasteiger partial charge < -0.3 is 15.0 Å². The van der Waals surface area contributed by atoms with Gasteiger partial charge in [-0.05, 0) is 56.4 Å². The number of nitrogens with one attached hydrogen (secondary N) is 1. The van der Waals surface area contributed by atoms with E-state index in [-0.39, 0.29) is 11.9 Å². The van der Waals surface area contributed by atoms with E-state index in [9.17, 15) is 9.59 Å².